The Labute approximate surface area is 170 Å². The molecule has 9 heteroatoms. The van der Waals surface area contributed by atoms with E-state index in [4.69, 9.17) is 14.2 Å². The molecule has 0 aliphatic heterocycles. The van der Waals surface area contributed by atoms with Crippen LogP contribution in [0.2, 0.25) is 0 Å². The highest BCUT2D eigenvalue weighted by molar-refractivity contribution is 6.14. The topological polar surface area (TPSA) is 96.2 Å². The second kappa shape index (κ2) is 8.56. The number of benzene rings is 1. The molecule has 0 N–H and O–H groups in total. The van der Waals surface area contributed by atoms with Gasteiger partial charge in [0.1, 0.15) is 16.9 Å². The normalized spacial score (nSPS) is 10.9. The lowest BCUT2D eigenvalue weighted by Crippen LogP contribution is -2.16. The molecule has 0 saturated heterocycles. The maximum Gasteiger partial charge on any atom is 0.357 e. The number of ether oxygens (including phenoxy) is 3. The second-order valence-electron chi connectivity index (χ2n) is 6.01. The molecule has 0 amide bonds. The molecule has 154 valence electrons. The Hall–Kier alpha value is -4.01. The first-order valence-electron chi connectivity index (χ1n) is 8.65. The van der Waals surface area contributed by atoms with Crippen LogP contribution < -0.4 is 0 Å². The average molecular weight is 412 g/mol. The van der Waals surface area contributed by atoms with Gasteiger partial charge in [-0.2, -0.15) is 5.10 Å². The average Bonchev–Trinajstić information content (AvgIpc) is 3.11. The molecule has 3 aromatic rings. The van der Waals surface area contributed by atoms with Gasteiger partial charge in [-0.25, -0.2) is 23.3 Å². The summed E-state index contributed by atoms with van der Waals surface area (Å²) in [4.78, 5) is 37.1. The fourth-order valence-corrected chi connectivity index (χ4v) is 2.89. The smallest absolute Gasteiger partial charge is 0.357 e. The van der Waals surface area contributed by atoms with Gasteiger partial charge in [0.25, 0.3) is 0 Å². The highest BCUT2D eigenvalue weighted by Crippen LogP contribution is 2.26. The Balaban J connectivity index is 2.22. The number of rotatable bonds is 5. The lowest BCUT2D eigenvalue weighted by molar-refractivity contribution is 0.0536. The van der Waals surface area contributed by atoms with E-state index in [-0.39, 0.29) is 28.2 Å². The number of hydrogen-bond acceptors (Lipinski definition) is 7. The van der Waals surface area contributed by atoms with Gasteiger partial charge >= 0.3 is 17.9 Å². The maximum atomic E-state index is 13.0. The fraction of sp³-hybridized carbons (Fsp3) is 0.143. The summed E-state index contributed by atoms with van der Waals surface area (Å²) in [5.74, 6) is -2.98. The first-order chi connectivity index (χ1) is 14.4. The van der Waals surface area contributed by atoms with Gasteiger partial charge in [-0.1, -0.05) is 18.2 Å². The van der Waals surface area contributed by atoms with Crippen LogP contribution in [-0.2, 0) is 14.2 Å². The van der Waals surface area contributed by atoms with E-state index in [0.29, 0.717) is 5.69 Å². The van der Waals surface area contributed by atoms with E-state index in [1.165, 1.54) is 18.2 Å². The van der Waals surface area contributed by atoms with E-state index >= 15 is 0 Å². The van der Waals surface area contributed by atoms with Crippen LogP contribution in [0.5, 0.6) is 0 Å². The molecule has 8 nitrogen and oxygen atoms in total. The number of fused-ring (bicyclic) bond motifs is 1. The Kier molecular flexibility index (Phi) is 5.91. The number of hydrogen-bond donors (Lipinski definition) is 0. The molecule has 0 saturated carbocycles. The van der Waals surface area contributed by atoms with Crippen molar-refractivity contribution in [2.75, 3.05) is 21.3 Å². The zero-order valence-electron chi connectivity index (χ0n) is 16.3. The third-order valence-electron chi connectivity index (χ3n) is 4.28. The molecule has 0 aliphatic carbocycles. The van der Waals surface area contributed by atoms with Gasteiger partial charge in [-0.05, 0) is 35.9 Å². The van der Waals surface area contributed by atoms with Gasteiger partial charge in [-0.3, -0.25) is 0 Å². The number of halogens is 1. The SMILES string of the molecule is COC(=O)c1c(C(=O)OC)c2ccc(/C=C/c3ccc(F)cc3)nn2c1C(=O)OC. The molecular weight excluding hydrogens is 395 g/mol. The van der Waals surface area contributed by atoms with Gasteiger partial charge in [0.15, 0.2) is 5.69 Å². The van der Waals surface area contributed by atoms with Crippen molar-refractivity contribution in [1.29, 1.82) is 0 Å². The summed E-state index contributed by atoms with van der Waals surface area (Å²) >= 11 is 0. The summed E-state index contributed by atoms with van der Waals surface area (Å²) in [5.41, 5.74) is 0.567. The minimum Gasteiger partial charge on any atom is -0.465 e. The quantitative estimate of drug-likeness (QED) is 0.469. The summed E-state index contributed by atoms with van der Waals surface area (Å²) in [7, 11) is 3.41. The molecule has 0 fully saturated rings. The first kappa shape index (κ1) is 20.7. The second-order valence-corrected chi connectivity index (χ2v) is 6.01. The molecule has 1 aromatic carbocycles. The number of esters is 3. The molecule has 0 aliphatic rings. The van der Waals surface area contributed by atoms with E-state index in [2.05, 4.69) is 5.10 Å². The lowest BCUT2D eigenvalue weighted by atomic mass is 10.1. The van der Waals surface area contributed by atoms with E-state index < -0.39 is 17.9 Å². The van der Waals surface area contributed by atoms with E-state index in [9.17, 15) is 18.8 Å². The molecule has 0 bridgehead atoms. The van der Waals surface area contributed by atoms with Crippen molar-refractivity contribution in [1.82, 2.24) is 9.61 Å². The summed E-state index contributed by atoms with van der Waals surface area (Å²) in [6.07, 6.45) is 3.32. The van der Waals surface area contributed by atoms with Crippen LogP contribution in [0, 0.1) is 5.82 Å². The van der Waals surface area contributed by atoms with Crippen LogP contribution in [0.25, 0.3) is 17.7 Å². The van der Waals surface area contributed by atoms with Crippen molar-refractivity contribution in [3.05, 3.63) is 70.3 Å². The Morgan fingerprint density at radius 3 is 2.03 bits per heavy atom. The van der Waals surface area contributed by atoms with Crippen LogP contribution >= 0.6 is 0 Å². The summed E-state index contributed by atoms with van der Waals surface area (Å²) in [6.45, 7) is 0. The molecule has 3 rings (SSSR count). The maximum absolute atomic E-state index is 13.0. The fourth-order valence-electron chi connectivity index (χ4n) is 2.89. The standard InChI is InChI=1S/C21H17FN2O6/c1-28-19(25)16-15-11-10-14(9-6-12-4-7-13(22)8-5-12)23-24(15)18(21(27)30-3)17(16)20(26)29-2/h4-11H,1-3H3/b9-6+. The minimum atomic E-state index is -0.912. The number of aromatic nitrogens is 2. The van der Waals surface area contributed by atoms with Crippen molar-refractivity contribution in [2.24, 2.45) is 0 Å². The number of methoxy groups -OCH3 is 3. The number of nitrogens with zero attached hydrogens (tertiary/aromatic N) is 2. The summed E-state index contributed by atoms with van der Waals surface area (Å²) in [5, 5.41) is 4.33. The van der Waals surface area contributed by atoms with Crippen molar-refractivity contribution < 1.29 is 33.0 Å². The van der Waals surface area contributed by atoms with Gasteiger partial charge in [0, 0.05) is 0 Å². The number of carbonyl (C=O) groups is 3. The molecule has 2 heterocycles. The molecule has 0 atom stereocenters. The molecule has 2 aromatic heterocycles. The zero-order valence-corrected chi connectivity index (χ0v) is 16.3. The van der Waals surface area contributed by atoms with Gasteiger partial charge in [0.2, 0.25) is 0 Å². The summed E-state index contributed by atoms with van der Waals surface area (Å²) in [6, 6.07) is 8.92. The van der Waals surface area contributed by atoms with Gasteiger partial charge in [-0.15, -0.1) is 0 Å². The van der Waals surface area contributed by atoms with Crippen LogP contribution in [-0.4, -0.2) is 48.9 Å². The minimum absolute atomic E-state index is 0.161. The first-order valence-corrected chi connectivity index (χ1v) is 8.65. The van der Waals surface area contributed by atoms with E-state index in [0.717, 1.165) is 31.4 Å². The molecule has 0 spiro atoms. The largest absolute Gasteiger partial charge is 0.465 e. The van der Waals surface area contributed by atoms with Crippen molar-refractivity contribution in [3.63, 3.8) is 0 Å². The number of carbonyl (C=O) groups excluding carboxylic acids is 3. The highest BCUT2D eigenvalue weighted by atomic mass is 19.1. The predicted molar refractivity (Wildman–Crippen MR) is 105 cm³/mol. The Morgan fingerprint density at radius 1 is 0.833 bits per heavy atom. The van der Waals surface area contributed by atoms with Crippen molar-refractivity contribution in [2.45, 2.75) is 0 Å². The zero-order chi connectivity index (χ0) is 21.8. The monoisotopic (exact) mass is 412 g/mol. The van der Waals surface area contributed by atoms with E-state index in [1.807, 2.05) is 0 Å². The molecular formula is C21H17FN2O6. The highest BCUT2D eigenvalue weighted by Gasteiger charge is 2.34. The van der Waals surface area contributed by atoms with Gasteiger partial charge < -0.3 is 14.2 Å². The van der Waals surface area contributed by atoms with Gasteiger partial charge in [0.05, 0.1) is 32.5 Å². The molecule has 30 heavy (non-hydrogen) atoms. The third-order valence-corrected chi connectivity index (χ3v) is 4.28. The summed E-state index contributed by atoms with van der Waals surface area (Å²) < 4.78 is 28.5. The van der Waals surface area contributed by atoms with Crippen molar-refractivity contribution in [3.8, 4) is 0 Å². The van der Waals surface area contributed by atoms with Crippen molar-refractivity contribution >= 4 is 35.6 Å². The van der Waals surface area contributed by atoms with Crippen LogP contribution in [0.15, 0.2) is 36.4 Å². The predicted octanol–water partition coefficient (Wildman–Crippen LogP) is 3.00. The lowest BCUT2D eigenvalue weighted by Gasteiger charge is -2.04. The van der Waals surface area contributed by atoms with Crippen LogP contribution in [0.3, 0.4) is 0 Å². The third kappa shape index (κ3) is 3.77. The Morgan fingerprint density at radius 2 is 1.43 bits per heavy atom. The van der Waals surface area contributed by atoms with E-state index in [1.54, 1.807) is 30.4 Å². The van der Waals surface area contributed by atoms with Crippen LogP contribution in [0.4, 0.5) is 4.39 Å². The molecule has 0 unspecified atom stereocenters. The van der Waals surface area contributed by atoms with Crippen LogP contribution in [0.1, 0.15) is 42.5 Å². The Bertz CT molecular complexity index is 1160. The molecule has 0 radical (unpaired) electrons.